The van der Waals surface area contributed by atoms with Gasteiger partial charge in [0, 0.05) is 6.08 Å². The minimum absolute atomic E-state index is 1.08. The van der Waals surface area contributed by atoms with E-state index in [2.05, 4.69) is 43.3 Å². The molecule has 0 amide bonds. The predicted molar refractivity (Wildman–Crippen MR) is 77.2 cm³/mol. The van der Waals surface area contributed by atoms with E-state index in [9.17, 15) is 0 Å². The molecule has 0 bridgehead atoms. The minimum atomic E-state index is 1.08. The van der Waals surface area contributed by atoms with E-state index in [1.54, 1.807) is 6.08 Å². The normalized spacial score (nSPS) is 10.9. The van der Waals surface area contributed by atoms with Crippen molar-refractivity contribution in [3.63, 3.8) is 0 Å². The highest BCUT2D eigenvalue weighted by atomic mass is 14.2. The molecule has 0 saturated heterocycles. The second-order valence-electron chi connectivity index (χ2n) is 4.43. The Morgan fingerprint density at radius 1 is 1.17 bits per heavy atom. The van der Waals surface area contributed by atoms with Gasteiger partial charge in [0.25, 0.3) is 0 Å². The molecule has 0 unspecified atom stereocenters. The zero-order valence-electron chi connectivity index (χ0n) is 10.7. The number of nitriles is 1. The van der Waals surface area contributed by atoms with Crippen molar-refractivity contribution in [3.8, 4) is 6.07 Å². The van der Waals surface area contributed by atoms with Gasteiger partial charge in [-0.2, -0.15) is 5.26 Å². The number of nitrogens with zero attached hydrogens (tertiary/aromatic N) is 1. The third-order valence-corrected chi connectivity index (χ3v) is 3.19. The average Bonchev–Trinajstić information content (AvgIpc) is 2.43. The number of hydrogen-bond donors (Lipinski definition) is 0. The molecule has 0 aromatic heterocycles. The van der Waals surface area contributed by atoms with Gasteiger partial charge in [0.15, 0.2) is 0 Å². The summed E-state index contributed by atoms with van der Waals surface area (Å²) in [6.45, 7) is 2.20. The molecule has 2 aromatic carbocycles. The Kier molecular flexibility index (Phi) is 4.15. The number of aryl methyl sites for hydroxylation is 1. The first kappa shape index (κ1) is 12.4. The standard InChI is InChI=1S/C17H17N/c1-2-3-7-14-11-12-15-8-4-5-9-16(15)17(14)10-6-13-18/h4-6,8-12H,2-3,7H2,1H3/b10-6+. The van der Waals surface area contributed by atoms with E-state index in [-0.39, 0.29) is 0 Å². The van der Waals surface area contributed by atoms with Crippen LogP contribution in [0.1, 0.15) is 30.9 Å². The monoisotopic (exact) mass is 235 g/mol. The summed E-state index contributed by atoms with van der Waals surface area (Å²) in [5, 5.41) is 11.2. The van der Waals surface area contributed by atoms with Gasteiger partial charge in [0.1, 0.15) is 0 Å². The number of fused-ring (bicyclic) bond motifs is 1. The van der Waals surface area contributed by atoms with Crippen molar-refractivity contribution in [3.05, 3.63) is 53.6 Å². The van der Waals surface area contributed by atoms with Gasteiger partial charge in [0.05, 0.1) is 6.07 Å². The van der Waals surface area contributed by atoms with E-state index >= 15 is 0 Å². The maximum atomic E-state index is 8.73. The molecule has 0 atom stereocenters. The lowest BCUT2D eigenvalue weighted by molar-refractivity contribution is 0.795. The zero-order valence-corrected chi connectivity index (χ0v) is 10.7. The maximum Gasteiger partial charge on any atom is 0.0912 e. The summed E-state index contributed by atoms with van der Waals surface area (Å²) < 4.78 is 0. The van der Waals surface area contributed by atoms with Gasteiger partial charge < -0.3 is 0 Å². The molecule has 1 heteroatoms. The van der Waals surface area contributed by atoms with Crippen molar-refractivity contribution < 1.29 is 0 Å². The molecule has 0 spiro atoms. The third-order valence-electron chi connectivity index (χ3n) is 3.19. The first-order valence-corrected chi connectivity index (χ1v) is 6.43. The van der Waals surface area contributed by atoms with Gasteiger partial charge in [0.2, 0.25) is 0 Å². The van der Waals surface area contributed by atoms with Gasteiger partial charge in [-0.05, 0) is 40.8 Å². The Morgan fingerprint density at radius 3 is 2.78 bits per heavy atom. The van der Waals surface area contributed by atoms with Crippen LogP contribution < -0.4 is 0 Å². The summed E-state index contributed by atoms with van der Waals surface area (Å²) in [5.74, 6) is 0. The van der Waals surface area contributed by atoms with Crippen molar-refractivity contribution in [2.45, 2.75) is 26.2 Å². The molecule has 1 nitrogen and oxygen atoms in total. The SMILES string of the molecule is CCCCc1ccc2ccccc2c1/C=C/C#N. The summed E-state index contributed by atoms with van der Waals surface area (Å²) in [6.07, 6.45) is 6.96. The number of allylic oxidation sites excluding steroid dienone is 1. The number of hydrogen-bond acceptors (Lipinski definition) is 1. The molecule has 90 valence electrons. The molecule has 2 aromatic rings. The fourth-order valence-corrected chi connectivity index (χ4v) is 2.24. The second-order valence-corrected chi connectivity index (χ2v) is 4.43. The van der Waals surface area contributed by atoms with Crippen molar-refractivity contribution in [1.29, 1.82) is 5.26 Å². The summed E-state index contributed by atoms with van der Waals surface area (Å²) in [7, 11) is 0. The van der Waals surface area contributed by atoms with Crippen molar-refractivity contribution in [2.75, 3.05) is 0 Å². The van der Waals surface area contributed by atoms with Gasteiger partial charge in [-0.1, -0.05) is 49.7 Å². The molecule has 0 saturated carbocycles. The largest absolute Gasteiger partial charge is 0.193 e. The lowest BCUT2D eigenvalue weighted by atomic mass is 9.95. The van der Waals surface area contributed by atoms with E-state index in [4.69, 9.17) is 5.26 Å². The van der Waals surface area contributed by atoms with E-state index < -0.39 is 0 Å². The molecule has 2 rings (SSSR count). The summed E-state index contributed by atoms with van der Waals surface area (Å²) >= 11 is 0. The highest BCUT2D eigenvalue weighted by molar-refractivity contribution is 5.92. The number of rotatable bonds is 4. The van der Waals surface area contributed by atoms with Crippen LogP contribution in [0.4, 0.5) is 0 Å². The first-order valence-electron chi connectivity index (χ1n) is 6.43. The van der Waals surface area contributed by atoms with Crippen LogP contribution in [0.3, 0.4) is 0 Å². The Labute approximate surface area is 108 Å². The Balaban J connectivity index is 2.56. The van der Waals surface area contributed by atoms with Crippen LogP contribution in [0.25, 0.3) is 16.8 Å². The smallest absolute Gasteiger partial charge is 0.0912 e. The van der Waals surface area contributed by atoms with Crippen LogP contribution in [-0.2, 0) is 6.42 Å². The molecule has 0 radical (unpaired) electrons. The van der Waals surface area contributed by atoms with Crippen LogP contribution >= 0.6 is 0 Å². The Bertz CT molecular complexity index is 603. The number of unbranched alkanes of at least 4 members (excludes halogenated alkanes) is 1. The van der Waals surface area contributed by atoms with Crippen molar-refractivity contribution >= 4 is 16.8 Å². The average molecular weight is 235 g/mol. The summed E-state index contributed by atoms with van der Waals surface area (Å²) in [5.41, 5.74) is 2.53. The van der Waals surface area contributed by atoms with Crippen LogP contribution in [0, 0.1) is 11.3 Å². The van der Waals surface area contributed by atoms with Crippen LogP contribution in [0.5, 0.6) is 0 Å². The Morgan fingerprint density at radius 2 is 2.00 bits per heavy atom. The van der Waals surface area contributed by atoms with Gasteiger partial charge >= 0.3 is 0 Å². The molecule has 18 heavy (non-hydrogen) atoms. The van der Waals surface area contributed by atoms with Crippen molar-refractivity contribution in [1.82, 2.24) is 0 Å². The maximum absolute atomic E-state index is 8.73. The topological polar surface area (TPSA) is 23.8 Å². The van der Waals surface area contributed by atoms with Crippen molar-refractivity contribution in [2.24, 2.45) is 0 Å². The van der Waals surface area contributed by atoms with Gasteiger partial charge in [-0.15, -0.1) is 0 Å². The molecule has 0 aliphatic heterocycles. The molecule has 0 aliphatic carbocycles. The second kappa shape index (κ2) is 6.02. The molecule has 0 N–H and O–H groups in total. The summed E-state index contributed by atoms with van der Waals surface area (Å²) in [4.78, 5) is 0. The molecular weight excluding hydrogens is 218 g/mol. The van der Waals surface area contributed by atoms with E-state index in [0.29, 0.717) is 0 Å². The molecular formula is C17H17N. The highest BCUT2D eigenvalue weighted by Gasteiger charge is 2.04. The minimum Gasteiger partial charge on any atom is -0.193 e. The van der Waals surface area contributed by atoms with Crippen LogP contribution in [0.2, 0.25) is 0 Å². The molecule has 0 aliphatic rings. The van der Waals surface area contributed by atoms with Gasteiger partial charge in [-0.3, -0.25) is 0 Å². The van der Waals surface area contributed by atoms with Crippen LogP contribution in [0.15, 0.2) is 42.5 Å². The third kappa shape index (κ3) is 2.60. The van der Waals surface area contributed by atoms with E-state index in [1.165, 1.54) is 34.7 Å². The van der Waals surface area contributed by atoms with Crippen LogP contribution in [-0.4, -0.2) is 0 Å². The van der Waals surface area contributed by atoms with Gasteiger partial charge in [-0.25, -0.2) is 0 Å². The quantitative estimate of drug-likeness (QED) is 0.703. The van der Waals surface area contributed by atoms with E-state index in [0.717, 1.165) is 6.42 Å². The highest BCUT2D eigenvalue weighted by Crippen LogP contribution is 2.25. The predicted octanol–water partition coefficient (Wildman–Crippen LogP) is 4.72. The summed E-state index contributed by atoms with van der Waals surface area (Å²) in [6, 6.07) is 14.8. The number of benzene rings is 2. The lowest BCUT2D eigenvalue weighted by Crippen LogP contribution is -1.91. The lowest BCUT2D eigenvalue weighted by Gasteiger charge is -2.09. The fraction of sp³-hybridized carbons (Fsp3) is 0.235. The molecule has 0 fully saturated rings. The molecule has 0 heterocycles. The Hall–Kier alpha value is -2.07. The first-order chi connectivity index (χ1) is 8.86. The zero-order chi connectivity index (χ0) is 12.8. The van der Waals surface area contributed by atoms with E-state index in [1.807, 2.05) is 12.1 Å². The fourth-order valence-electron chi connectivity index (χ4n) is 2.24.